The molecule has 0 unspecified atom stereocenters. The van der Waals surface area contributed by atoms with Crippen molar-refractivity contribution in [1.82, 2.24) is 19.5 Å². The minimum absolute atomic E-state index is 0.525. The number of halogens is 1. The highest BCUT2D eigenvalue weighted by molar-refractivity contribution is 7.10. The third-order valence-electron chi connectivity index (χ3n) is 4.56. The molecule has 1 aromatic carbocycles. The first-order chi connectivity index (χ1) is 14.1. The zero-order valence-electron chi connectivity index (χ0n) is 16.1. The first-order valence-electron chi connectivity index (χ1n) is 9.03. The highest BCUT2D eigenvalue weighted by Gasteiger charge is 2.16. The van der Waals surface area contributed by atoms with Gasteiger partial charge in [0.2, 0.25) is 0 Å². The lowest BCUT2D eigenvalue weighted by Crippen LogP contribution is -2.10. The Morgan fingerprint density at radius 2 is 2.03 bits per heavy atom. The molecule has 29 heavy (non-hydrogen) atoms. The predicted octanol–water partition coefficient (Wildman–Crippen LogP) is 4.66. The molecule has 6 nitrogen and oxygen atoms in total. The quantitative estimate of drug-likeness (QED) is 0.489. The van der Waals surface area contributed by atoms with Gasteiger partial charge in [0, 0.05) is 17.0 Å². The fourth-order valence-corrected chi connectivity index (χ4v) is 4.28. The van der Waals surface area contributed by atoms with E-state index < -0.39 is 0 Å². The lowest BCUT2D eigenvalue weighted by molar-refractivity contribution is 0.402. The topological polar surface area (TPSA) is 69.2 Å². The molecule has 8 heteroatoms. The van der Waals surface area contributed by atoms with Gasteiger partial charge >= 0.3 is 0 Å². The molecule has 0 spiro atoms. The maximum atomic E-state index is 9.77. The summed E-state index contributed by atoms with van der Waals surface area (Å²) in [4.78, 5) is 3.14. The molecule has 0 bridgehead atoms. The molecule has 4 aromatic rings. The summed E-state index contributed by atoms with van der Waals surface area (Å²) in [7, 11) is 4.09. The average molecular weight is 423 g/mol. The van der Waals surface area contributed by atoms with Crippen LogP contribution in [0.25, 0.3) is 16.8 Å². The Labute approximate surface area is 178 Å². The zero-order chi connectivity index (χ0) is 20.4. The van der Waals surface area contributed by atoms with Crippen molar-refractivity contribution in [3.05, 3.63) is 69.1 Å². The van der Waals surface area contributed by atoms with E-state index in [2.05, 4.69) is 50.7 Å². The molecule has 3 aromatic heterocycles. The van der Waals surface area contributed by atoms with Gasteiger partial charge in [-0.1, -0.05) is 35.9 Å². The van der Waals surface area contributed by atoms with Crippen molar-refractivity contribution in [3.63, 3.8) is 0 Å². The molecular formula is C21H19ClN6S. The van der Waals surface area contributed by atoms with Crippen molar-refractivity contribution in [2.45, 2.75) is 13.1 Å². The van der Waals surface area contributed by atoms with Crippen molar-refractivity contribution >= 4 is 34.4 Å². The molecule has 0 amide bonds. The lowest BCUT2D eigenvalue weighted by atomic mass is 10.0. The van der Waals surface area contributed by atoms with Crippen molar-refractivity contribution in [3.8, 4) is 17.2 Å². The maximum absolute atomic E-state index is 9.77. The van der Waals surface area contributed by atoms with E-state index in [4.69, 9.17) is 11.6 Å². The number of hydrogen-bond acceptors (Lipinski definition) is 6. The number of anilines is 1. The Hall–Kier alpha value is -2.92. The summed E-state index contributed by atoms with van der Waals surface area (Å²) in [5.74, 6) is 0.657. The van der Waals surface area contributed by atoms with Crippen molar-refractivity contribution in [2.24, 2.45) is 0 Å². The number of pyridine rings is 1. The number of nitriles is 1. The third kappa shape index (κ3) is 3.96. The van der Waals surface area contributed by atoms with Crippen LogP contribution in [-0.4, -0.2) is 33.6 Å². The molecule has 0 saturated carbocycles. The van der Waals surface area contributed by atoms with Crippen molar-refractivity contribution in [1.29, 1.82) is 5.26 Å². The van der Waals surface area contributed by atoms with E-state index in [0.717, 1.165) is 27.6 Å². The molecular weight excluding hydrogens is 404 g/mol. The van der Waals surface area contributed by atoms with Crippen LogP contribution in [0, 0.1) is 11.3 Å². The third-order valence-corrected chi connectivity index (χ3v) is 5.95. The molecule has 1 N–H and O–H groups in total. The Kier molecular flexibility index (Phi) is 5.49. The van der Waals surface area contributed by atoms with E-state index in [1.165, 1.54) is 5.56 Å². The summed E-state index contributed by atoms with van der Waals surface area (Å²) in [6, 6.07) is 14.3. The van der Waals surface area contributed by atoms with Crippen LogP contribution < -0.4 is 5.32 Å². The standard InChI is InChI=1S/C21H19ClN6S/c1-27(2)12-14-3-5-15(6-4-14)17-9-16(10-23)20(28-13-25-26-21(17)28)24-11-19-18(22)7-8-29-19/h3-9,13,24H,11-12H2,1-2H3. The largest absolute Gasteiger partial charge is 0.365 e. The molecule has 0 aliphatic rings. The van der Waals surface area contributed by atoms with Crippen molar-refractivity contribution < 1.29 is 0 Å². The Balaban J connectivity index is 1.73. The Morgan fingerprint density at radius 3 is 2.69 bits per heavy atom. The van der Waals surface area contributed by atoms with Gasteiger partial charge in [0.1, 0.15) is 18.2 Å². The van der Waals surface area contributed by atoms with Crippen LogP contribution in [0.2, 0.25) is 5.02 Å². The first kappa shape index (κ1) is 19.4. The number of fused-ring (bicyclic) bond motifs is 1. The van der Waals surface area contributed by atoms with Gasteiger partial charge in [-0.25, -0.2) is 0 Å². The minimum atomic E-state index is 0.525. The second-order valence-corrected chi connectivity index (χ2v) is 8.34. The van der Waals surface area contributed by atoms with Gasteiger partial charge in [0.05, 0.1) is 17.1 Å². The second-order valence-electron chi connectivity index (χ2n) is 6.94. The number of aromatic nitrogens is 3. The average Bonchev–Trinajstić information content (AvgIpc) is 3.35. The van der Waals surface area contributed by atoms with E-state index in [1.54, 1.807) is 17.7 Å². The summed E-state index contributed by atoms with van der Waals surface area (Å²) in [6.07, 6.45) is 1.62. The fraction of sp³-hybridized carbons (Fsp3) is 0.190. The van der Waals surface area contributed by atoms with Gasteiger partial charge in [-0.15, -0.1) is 21.5 Å². The van der Waals surface area contributed by atoms with Crippen LogP contribution in [0.5, 0.6) is 0 Å². The van der Waals surface area contributed by atoms with Gasteiger partial charge in [-0.3, -0.25) is 4.40 Å². The van der Waals surface area contributed by atoms with Gasteiger partial charge in [-0.05, 0) is 42.7 Å². The van der Waals surface area contributed by atoms with Crippen LogP contribution in [0.4, 0.5) is 5.82 Å². The maximum Gasteiger partial charge on any atom is 0.170 e. The molecule has 0 radical (unpaired) electrons. The summed E-state index contributed by atoms with van der Waals surface area (Å²) < 4.78 is 1.82. The van der Waals surface area contributed by atoms with E-state index in [0.29, 0.717) is 23.6 Å². The number of nitrogens with zero attached hydrogens (tertiary/aromatic N) is 5. The highest BCUT2D eigenvalue weighted by atomic mass is 35.5. The summed E-state index contributed by atoms with van der Waals surface area (Å²) in [5.41, 5.74) is 4.31. The number of hydrogen-bond donors (Lipinski definition) is 1. The summed E-state index contributed by atoms with van der Waals surface area (Å²) in [6.45, 7) is 1.40. The Bertz CT molecular complexity index is 1190. The Morgan fingerprint density at radius 1 is 1.24 bits per heavy atom. The molecule has 0 saturated heterocycles. The highest BCUT2D eigenvalue weighted by Crippen LogP contribution is 2.30. The van der Waals surface area contributed by atoms with Gasteiger partial charge in [-0.2, -0.15) is 5.26 Å². The monoisotopic (exact) mass is 422 g/mol. The number of rotatable bonds is 6. The normalized spacial score (nSPS) is 11.1. The van der Waals surface area contributed by atoms with Crippen LogP contribution in [-0.2, 0) is 13.1 Å². The molecule has 4 rings (SSSR count). The summed E-state index contributed by atoms with van der Waals surface area (Å²) >= 11 is 7.77. The lowest BCUT2D eigenvalue weighted by Gasteiger charge is -2.14. The van der Waals surface area contributed by atoms with Crippen LogP contribution >= 0.6 is 22.9 Å². The van der Waals surface area contributed by atoms with Gasteiger partial charge in [0.15, 0.2) is 5.65 Å². The predicted molar refractivity (Wildman–Crippen MR) is 117 cm³/mol. The smallest absolute Gasteiger partial charge is 0.170 e. The number of nitrogens with one attached hydrogen (secondary N) is 1. The molecule has 0 atom stereocenters. The number of thiophene rings is 1. The fourth-order valence-electron chi connectivity index (χ4n) is 3.24. The van der Waals surface area contributed by atoms with Gasteiger partial charge < -0.3 is 10.2 Å². The van der Waals surface area contributed by atoms with E-state index >= 15 is 0 Å². The zero-order valence-corrected chi connectivity index (χ0v) is 17.6. The SMILES string of the molecule is CN(C)Cc1ccc(-c2cc(C#N)c(NCc3sccc3Cl)n3cnnc23)cc1. The van der Waals surface area contributed by atoms with Gasteiger partial charge in [0.25, 0.3) is 0 Å². The van der Waals surface area contributed by atoms with Crippen LogP contribution in [0.1, 0.15) is 16.0 Å². The summed E-state index contributed by atoms with van der Waals surface area (Å²) in [5, 5.41) is 24.1. The first-order valence-corrected chi connectivity index (χ1v) is 10.3. The molecule has 3 heterocycles. The van der Waals surface area contributed by atoms with Crippen LogP contribution in [0.3, 0.4) is 0 Å². The number of benzene rings is 1. The molecule has 0 fully saturated rings. The molecule has 0 aliphatic carbocycles. The van der Waals surface area contributed by atoms with E-state index in [1.807, 2.05) is 36.0 Å². The minimum Gasteiger partial charge on any atom is -0.365 e. The van der Waals surface area contributed by atoms with Crippen LogP contribution in [0.15, 0.2) is 48.1 Å². The molecule has 146 valence electrons. The van der Waals surface area contributed by atoms with Crippen molar-refractivity contribution in [2.75, 3.05) is 19.4 Å². The van der Waals surface area contributed by atoms with E-state index in [9.17, 15) is 5.26 Å². The molecule has 0 aliphatic heterocycles. The second kappa shape index (κ2) is 8.21. The van der Waals surface area contributed by atoms with E-state index in [-0.39, 0.29) is 0 Å².